The molecule has 0 spiro atoms. The van der Waals surface area contributed by atoms with E-state index >= 15 is 0 Å². The van der Waals surface area contributed by atoms with Gasteiger partial charge in [0.15, 0.2) is 0 Å². The molecule has 2 aromatic carbocycles. The van der Waals surface area contributed by atoms with Gasteiger partial charge in [0, 0.05) is 37.5 Å². The Labute approximate surface area is 185 Å². The number of rotatable bonds is 7. The van der Waals surface area contributed by atoms with Crippen LogP contribution in [-0.4, -0.2) is 46.7 Å². The van der Waals surface area contributed by atoms with Crippen molar-refractivity contribution in [2.45, 2.75) is 12.6 Å². The number of fused-ring (bicyclic) bond motifs is 1. The third-order valence-electron chi connectivity index (χ3n) is 5.45. The number of methoxy groups -OCH3 is 1. The van der Waals surface area contributed by atoms with Crippen LogP contribution in [0.15, 0.2) is 54.9 Å². The predicted molar refractivity (Wildman–Crippen MR) is 117 cm³/mol. The molecule has 32 heavy (non-hydrogen) atoms. The topological polar surface area (TPSA) is 106 Å². The molecule has 2 heterocycles. The largest absolute Gasteiger partial charge is 0.497 e. The van der Waals surface area contributed by atoms with Crippen molar-refractivity contribution in [1.82, 2.24) is 25.3 Å². The number of aryl methyl sites for hydroxylation is 1. The van der Waals surface area contributed by atoms with E-state index in [-0.39, 0.29) is 12.5 Å². The lowest BCUT2D eigenvalue weighted by atomic mass is 10.0. The van der Waals surface area contributed by atoms with E-state index in [4.69, 9.17) is 4.74 Å². The van der Waals surface area contributed by atoms with Crippen LogP contribution in [0.2, 0.25) is 0 Å². The fraction of sp³-hybridized carbons (Fsp3) is 0.217. The minimum atomic E-state index is -0.632. The Balaban J connectivity index is 1.56. The van der Waals surface area contributed by atoms with E-state index in [2.05, 4.69) is 15.7 Å². The zero-order chi connectivity index (χ0) is 22.7. The molecule has 9 nitrogen and oxygen atoms in total. The lowest BCUT2D eigenvalue weighted by Crippen LogP contribution is -2.42. The van der Waals surface area contributed by atoms with Gasteiger partial charge in [-0.25, -0.2) is 4.79 Å². The molecule has 0 bridgehead atoms. The molecule has 0 radical (unpaired) electrons. The number of benzene rings is 2. The number of imide groups is 1. The lowest BCUT2D eigenvalue weighted by molar-refractivity contribution is -0.108. The van der Waals surface area contributed by atoms with Crippen molar-refractivity contribution < 1.29 is 19.1 Å². The van der Waals surface area contributed by atoms with Crippen LogP contribution >= 0.6 is 0 Å². The van der Waals surface area contributed by atoms with Crippen molar-refractivity contribution in [3.63, 3.8) is 0 Å². The molecular formula is C23H23N5O4. The summed E-state index contributed by atoms with van der Waals surface area (Å²) >= 11 is 0. The van der Waals surface area contributed by atoms with Crippen LogP contribution in [0.1, 0.15) is 27.5 Å². The molecule has 0 saturated heterocycles. The van der Waals surface area contributed by atoms with E-state index in [1.54, 1.807) is 29.0 Å². The Bertz CT molecular complexity index is 1160. The van der Waals surface area contributed by atoms with Gasteiger partial charge < -0.3 is 15.0 Å². The van der Waals surface area contributed by atoms with Crippen molar-refractivity contribution >= 4 is 18.3 Å². The van der Waals surface area contributed by atoms with Crippen LogP contribution in [0, 0.1) is 0 Å². The zero-order valence-electron chi connectivity index (χ0n) is 17.7. The van der Waals surface area contributed by atoms with Crippen molar-refractivity contribution in [2.24, 2.45) is 7.05 Å². The number of aromatic nitrogens is 2. The predicted octanol–water partition coefficient (Wildman–Crippen LogP) is 2.25. The number of ether oxygens (including phenoxy) is 1. The summed E-state index contributed by atoms with van der Waals surface area (Å²) in [7, 11) is 3.41. The summed E-state index contributed by atoms with van der Waals surface area (Å²) < 4.78 is 6.95. The molecule has 3 aromatic rings. The molecule has 1 aliphatic heterocycles. The number of urea groups is 1. The molecule has 164 valence electrons. The Morgan fingerprint density at radius 2 is 2.00 bits per heavy atom. The van der Waals surface area contributed by atoms with Crippen molar-refractivity contribution in [3.05, 3.63) is 71.5 Å². The maximum Gasteiger partial charge on any atom is 0.321 e. The molecule has 0 unspecified atom stereocenters. The highest BCUT2D eigenvalue weighted by atomic mass is 16.5. The number of amides is 4. The Hall–Kier alpha value is -4.14. The highest BCUT2D eigenvalue weighted by molar-refractivity contribution is 5.98. The number of carbonyl (C=O) groups is 3. The molecule has 1 atom stereocenters. The van der Waals surface area contributed by atoms with Crippen LogP contribution in [0.25, 0.3) is 11.1 Å². The van der Waals surface area contributed by atoms with Gasteiger partial charge in [-0.2, -0.15) is 5.10 Å². The van der Waals surface area contributed by atoms with E-state index in [9.17, 15) is 14.4 Å². The molecular weight excluding hydrogens is 410 g/mol. The third kappa shape index (κ3) is 4.31. The van der Waals surface area contributed by atoms with Gasteiger partial charge >= 0.3 is 6.03 Å². The quantitative estimate of drug-likeness (QED) is 0.556. The highest BCUT2D eigenvalue weighted by Crippen LogP contribution is 2.29. The van der Waals surface area contributed by atoms with Gasteiger partial charge in [0.25, 0.3) is 5.91 Å². The first-order valence-corrected chi connectivity index (χ1v) is 10.0. The average Bonchev–Trinajstić information content (AvgIpc) is 3.36. The van der Waals surface area contributed by atoms with Crippen LogP contribution in [-0.2, 0) is 18.4 Å². The Morgan fingerprint density at radius 3 is 2.66 bits per heavy atom. The molecule has 0 fully saturated rings. The summed E-state index contributed by atoms with van der Waals surface area (Å²) in [5, 5.41) is 9.05. The standard InChI is InChI=1S/C23H23N5O4/c1-27-11-18(10-25-27)15-3-5-16(6-4-15)21(26-23(31)24-14-29)13-28-12-17-7-8-19(32-2)9-20(17)22(28)30/h3-11,14,21H,12-13H2,1-2H3,(H2,24,26,29,31)/t21-/m0/s1. The van der Waals surface area contributed by atoms with E-state index in [1.165, 1.54) is 0 Å². The second kappa shape index (κ2) is 8.93. The molecule has 1 aromatic heterocycles. The number of hydrogen-bond acceptors (Lipinski definition) is 5. The summed E-state index contributed by atoms with van der Waals surface area (Å²) in [4.78, 5) is 37.4. The van der Waals surface area contributed by atoms with E-state index in [0.29, 0.717) is 24.3 Å². The molecule has 4 amide bonds. The van der Waals surface area contributed by atoms with Crippen LogP contribution in [0.3, 0.4) is 0 Å². The van der Waals surface area contributed by atoms with Gasteiger partial charge in [-0.05, 0) is 28.8 Å². The first-order chi connectivity index (χ1) is 15.5. The monoisotopic (exact) mass is 433 g/mol. The first kappa shape index (κ1) is 21.1. The molecule has 0 aliphatic carbocycles. The van der Waals surface area contributed by atoms with Gasteiger partial charge in [-0.1, -0.05) is 30.3 Å². The van der Waals surface area contributed by atoms with Gasteiger partial charge in [0.1, 0.15) is 5.75 Å². The van der Waals surface area contributed by atoms with Crippen LogP contribution in [0.4, 0.5) is 4.79 Å². The molecule has 4 rings (SSSR count). The van der Waals surface area contributed by atoms with E-state index in [1.807, 2.05) is 49.6 Å². The molecule has 1 aliphatic rings. The molecule has 2 N–H and O–H groups in total. The minimum Gasteiger partial charge on any atom is -0.497 e. The molecule has 0 saturated carbocycles. The summed E-state index contributed by atoms with van der Waals surface area (Å²) in [5.74, 6) is 0.485. The maximum absolute atomic E-state index is 13.0. The fourth-order valence-corrected chi connectivity index (χ4v) is 3.80. The maximum atomic E-state index is 13.0. The Morgan fingerprint density at radius 1 is 1.22 bits per heavy atom. The zero-order valence-corrected chi connectivity index (χ0v) is 17.7. The third-order valence-corrected chi connectivity index (χ3v) is 5.45. The van der Waals surface area contributed by atoms with Gasteiger partial charge in [0.05, 0.1) is 19.3 Å². The molecule has 9 heteroatoms. The lowest BCUT2D eigenvalue weighted by Gasteiger charge is -2.25. The number of nitrogens with one attached hydrogen (secondary N) is 2. The summed E-state index contributed by atoms with van der Waals surface area (Å²) in [6.45, 7) is 0.674. The number of hydrogen-bond donors (Lipinski definition) is 2. The van der Waals surface area contributed by atoms with Crippen molar-refractivity contribution in [3.8, 4) is 16.9 Å². The summed E-state index contributed by atoms with van der Waals surface area (Å²) in [5.41, 5.74) is 4.25. The smallest absolute Gasteiger partial charge is 0.321 e. The minimum absolute atomic E-state index is 0.131. The van der Waals surface area contributed by atoms with Crippen LogP contribution < -0.4 is 15.4 Å². The Kier molecular flexibility index (Phi) is 5.89. The summed E-state index contributed by atoms with van der Waals surface area (Å²) in [6, 6.07) is 11.9. The van der Waals surface area contributed by atoms with Gasteiger partial charge in [0.2, 0.25) is 6.41 Å². The van der Waals surface area contributed by atoms with Crippen LogP contribution in [0.5, 0.6) is 5.75 Å². The number of nitrogens with zero attached hydrogens (tertiary/aromatic N) is 3. The van der Waals surface area contributed by atoms with Gasteiger partial charge in [-0.15, -0.1) is 0 Å². The first-order valence-electron chi connectivity index (χ1n) is 10.0. The number of carbonyl (C=O) groups excluding carboxylic acids is 3. The summed E-state index contributed by atoms with van der Waals surface area (Å²) in [6.07, 6.45) is 4.01. The second-order valence-corrected chi connectivity index (χ2v) is 7.52. The average molecular weight is 433 g/mol. The normalized spacial score (nSPS) is 13.4. The fourth-order valence-electron chi connectivity index (χ4n) is 3.80. The van der Waals surface area contributed by atoms with E-state index < -0.39 is 12.1 Å². The van der Waals surface area contributed by atoms with Gasteiger partial charge in [-0.3, -0.25) is 19.6 Å². The second-order valence-electron chi connectivity index (χ2n) is 7.52. The van der Waals surface area contributed by atoms with Crippen molar-refractivity contribution in [2.75, 3.05) is 13.7 Å². The SMILES string of the molecule is COc1ccc2c(c1)C(=O)N(C[C@H](NC(=O)NC=O)c1ccc(-c3cnn(C)c3)cc1)C2. The highest BCUT2D eigenvalue weighted by Gasteiger charge is 2.30. The van der Waals surface area contributed by atoms with Crippen molar-refractivity contribution in [1.29, 1.82) is 0 Å². The van der Waals surface area contributed by atoms with E-state index in [0.717, 1.165) is 22.3 Å².